The molecule has 232 valence electrons. The monoisotopic (exact) mass is 647 g/mol. The smallest absolute Gasteiger partial charge is 0.264 e. The molecule has 0 spiro atoms. The van der Waals surface area contributed by atoms with Crippen molar-refractivity contribution < 1.29 is 26.4 Å². The van der Waals surface area contributed by atoms with E-state index in [4.69, 9.17) is 9.72 Å². The summed E-state index contributed by atoms with van der Waals surface area (Å²) in [5.74, 6) is 0.137. The molecule has 13 nitrogen and oxygen atoms in total. The molecule has 1 amide bonds. The molecule has 1 aliphatic rings. The van der Waals surface area contributed by atoms with Crippen LogP contribution >= 0.6 is 0 Å². The fraction of sp³-hybridized carbons (Fsp3) is 0.233. The normalized spacial score (nSPS) is 16.0. The molecule has 15 heteroatoms. The number of hydrogen-bond acceptors (Lipinski definition) is 10. The van der Waals surface area contributed by atoms with E-state index < -0.39 is 31.8 Å². The number of sulfonamides is 1. The topological polar surface area (TPSA) is 175 Å². The molecular weight excluding hydrogens is 619 g/mol. The summed E-state index contributed by atoms with van der Waals surface area (Å²) < 4.78 is 59.6. The van der Waals surface area contributed by atoms with Crippen LogP contribution in [0.2, 0.25) is 0 Å². The molecule has 0 aliphatic carbocycles. The predicted octanol–water partition coefficient (Wildman–Crippen LogP) is 3.93. The number of pyridine rings is 1. The Hall–Kier alpha value is -4.89. The standard InChI is InChI=1S/C30H29N7O6S2/c1-18-12-14-31-30(32-18)36-45(41,42)24-10-6-21(7-11-24)33-29(38)25-16-26(20-4-8-23(43-3)9-5-20)34-28-27(25)19(2)35-37(28)22-13-15-44(39,40)17-22/h4-12,14,16,22H,13,15,17H2,1-3H3,(H,33,38)(H,31,32,36). The fourth-order valence-corrected chi connectivity index (χ4v) is 7.86. The second kappa shape index (κ2) is 11.6. The first-order chi connectivity index (χ1) is 21.4. The van der Waals surface area contributed by atoms with Crippen molar-refractivity contribution in [3.05, 3.63) is 83.8 Å². The lowest BCUT2D eigenvalue weighted by atomic mass is 10.0. The molecule has 4 heterocycles. The molecule has 0 saturated carbocycles. The number of aromatic nitrogens is 5. The van der Waals surface area contributed by atoms with E-state index in [9.17, 15) is 21.6 Å². The molecule has 45 heavy (non-hydrogen) atoms. The van der Waals surface area contributed by atoms with Gasteiger partial charge in [-0.3, -0.25) is 4.79 Å². The Bertz CT molecular complexity index is 2150. The lowest BCUT2D eigenvalue weighted by Crippen LogP contribution is -2.16. The summed E-state index contributed by atoms with van der Waals surface area (Å²) in [6, 6.07) is 15.8. The Morgan fingerprint density at radius 3 is 2.40 bits per heavy atom. The van der Waals surface area contributed by atoms with Crippen molar-refractivity contribution in [2.45, 2.75) is 31.2 Å². The molecule has 3 aromatic heterocycles. The van der Waals surface area contributed by atoms with E-state index >= 15 is 0 Å². The number of rotatable bonds is 8. The summed E-state index contributed by atoms with van der Waals surface area (Å²) in [6.07, 6.45) is 1.85. The van der Waals surface area contributed by atoms with E-state index in [0.717, 1.165) is 5.56 Å². The van der Waals surface area contributed by atoms with Crippen molar-refractivity contribution in [1.82, 2.24) is 24.7 Å². The molecule has 2 N–H and O–H groups in total. The van der Waals surface area contributed by atoms with Crippen molar-refractivity contribution in [3.63, 3.8) is 0 Å². The van der Waals surface area contributed by atoms with Gasteiger partial charge in [-0.25, -0.2) is 41.2 Å². The van der Waals surface area contributed by atoms with Crippen LogP contribution in [0.5, 0.6) is 5.75 Å². The van der Waals surface area contributed by atoms with Gasteiger partial charge in [0.25, 0.3) is 15.9 Å². The summed E-state index contributed by atoms with van der Waals surface area (Å²) in [6.45, 7) is 3.47. The highest BCUT2D eigenvalue weighted by Crippen LogP contribution is 2.33. The zero-order chi connectivity index (χ0) is 31.9. The molecular formula is C30H29N7O6S2. The number of nitrogens with zero attached hydrogens (tertiary/aromatic N) is 5. The number of carbonyl (C=O) groups excluding carboxylic acids is 1. The van der Waals surface area contributed by atoms with E-state index in [-0.39, 0.29) is 27.9 Å². The lowest BCUT2D eigenvalue weighted by Gasteiger charge is -2.13. The van der Waals surface area contributed by atoms with Gasteiger partial charge in [-0.05, 0) is 80.9 Å². The Morgan fingerprint density at radius 2 is 1.76 bits per heavy atom. The van der Waals surface area contributed by atoms with Crippen molar-refractivity contribution in [2.24, 2.45) is 0 Å². The van der Waals surface area contributed by atoms with Crippen molar-refractivity contribution in [1.29, 1.82) is 0 Å². The quantitative estimate of drug-likeness (QED) is 0.251. The number of sulfone groups is 1. The fourth-order valence-electron chi connectivity index (χ4n) is 5.22. The highest BCUT2D eigenvalue weighted by molar-refractivity contribution is 7.92. The minimum absolute atomic E-state index is 0.0395. The SMILES string of the molecule is COc1ccc(-c2cc(C(=O)Nc3ccc(S(=O)(=O)Nc4nccc(C)n4)cc3)c3c(C)nn(C4CCS(=O)(=O)C4)c3n2)cc1. The van der Waals surface area contributed by atoms with Gasteiger partial charge >= 0.3 is 0 Å². The van der Waals surface area contributed by atoms with Crippen molar-refractivity contribution in [3.8, 4) is 17.0 Å². The van der Waals surface area contributed by atoms with Gasteiger partial charge in [0.1, 0.15) is 5.75 Å². The predicted molar refractivity (Wildman–Crippen MR) is 169 cm³/mol. The Kier molecular flexibility index (Phi) is 7.74. The van der Waals surface area contributed by atoms with Gasteiger partial charge in [-0.15, -0.1) is 0 Å². The number of methoxy groups -OCH3 is 1. The molecule has 1 atom stereocenters. The van der Waals surface area contributed by atoms with E-state index in [1.807, 2.05) is 12.1 Å². The van der Waals surface area contributed by atoms with Crippen LogP contribution in [-0.4, -0.2) is 66.1 Å². The van der Waals surface area contributed by atoms with E-state index in [0.29, 0.717) is 46.0 Å². The van der Waals surface area contributed by atoms with E-state index in [2.05, 4.69) is 25.1 Å². The zero-order valence-electron chi connectivity index (χ0n) is 24.6. The van der Waals surface area contributed by atoms with Crippen LogP contribution in [0.1, 0.15) is 34.2 Å². The lowest BCUT2D eigenvalue weighted by molar-refractivity contribution is 0.102. The summed E-state index contributed by atoms with van der Waals surface area (Å²) in [5.41, 5.74) is 3.38. The van der Waals surface area contributed by atoms with Gasteiger partial charge in [0.2, 0.25) is 5.95 Å². The number of hydrogen-bond donors (Lipinski definition) is 2. The highest BCUT2D eigenvalue weighted by Gasteiger charge is 2.32. The van der Waals surface area contributed by atoms with Crippen LogP contribution in [-0.2, 0) is 19.9 Å². The summed E-state index contributed by atoms with van der Waals surface area (Å²) in [7, 11) is -5.62. The third-order valence-electron chi connectivity index (χ3n) is 7.46. The van der Waals surface area contributed by atoms with Crippen molar-refractivity contribution >= 4 is 48.4 Å². The Balaban J connectivity index is 1.35. The van der Waals surface area contributed by atoms with Crippen LogP contribution < -0.4 is 14.8 Å². The summed E-state index contributed by atoms with van der Waals surface area (Å²) >= 11 is 0. The number of nitrogens with one attached hydrogen (secondary N) is 2. The molecule has 1 saturated heterocycles. The van der Waals surface area contributed by atoms with E-state index in [1.54, 1.807) is 49.9 Å². The first kappa shape index (κ1) is 30.1. The molecule has 2 aromatic carbocycles. The number of carbonyl (C=O) groups is 1. The largest absolute Gasteiger partial charge is 0.497 e. The van der Waals surface area contributed by atoms with Crippen LogP contribution in [0.15, 0.2) is 71.8 Å². The number of anilines is 2. The second-order valence-electron chi connectivity index (χ2n) is 10.7. The van der Waals surface area contributed by atoms with Gasteiger partial charge in [-0.2, -0.15) is 5.10 Å². The minimum Gasteiger partial charge on any atom is -0.497 e. The summed E-state index contributed by atoms with van der Waals surface area (Å²) in [4.78, 5) is 26.6. The first-order valence-corrected chi connectivity index (χ1v) is 17.2. The molecule has 1 aliphatic heterocycles. The molecule has 0 radical (unpaired) electrons. The molecule has 1 unspecified atom stereocenters. The molecule has 5 aromatic rings. The zero-order valence-corrected chi connectivity index (χ0v) is 26.2. The number of benzene rings is 2. The Labute approximate surface area is 259 Å². The average molecular weight is 648 g/mol. The van der Waals surface area contributed by atoms with E-state index in [1.165, 1.54) is 30.5 Å². The van der Waals surface area contributed by atoms with Gasteiger partial charge in [-0.1, -0.05) is 0 Å². The van der Waals surface area contributed by atoms with Crippen molar-refractivity contribution in [2.75, 3.05) is 28.7 Å². The van der Waals surface area contributed by atoms with Crippen LogP contribution in [0.25, 0.3) is 22.3 Å². The number of ether oxygens (including phenoxy) is 1. The van der Waals surface area contributed by atoms with Crippen LogP contribution in [0.3, 0.4) is 0 Å². The molecule has 6 rings (SSSR count). The average Bonchev–Trinajstić information content (AvgIpc) is 3.54. The highest BCUT2D eigenvalue weighted by atomic mass is 32.2. The third-order valence-corrected chi connectivity index (χ3v) is 10.6. The van der Waals surface area contributed by atoms with Gasteiger partial charge < -0.3 is 10.1 Å². The van der Waals surface area contributed by atoms with Gasteiger partial charge in [0.05, 0.1) is 51.9 Å². The maximum absolute atomic E-state index is 13.8. The molecule has 0 bridgehead atoms. The van der Waals surface area contributed by atoms with Crippen LogP contribution in [0.4, 0.5) is 11.6 Å². The van der Waals surface area contributed by atoms with Gasteiger partial charge in [0, 0.05) is 23.1 Å². The maximum atomic E-state index is 13.8. The molecule has 1 fully saturated rings. The number of fused-ring (bicyclic) bond motifs is 1. The third kappa shape index (κ3) is 6.21. The minimum atomic E-state index is -3.98. The summed E-state index contributed by atoms with van der Waals surface area (Å²) in [5, 5.41) is 7.97. The Morgan fingerprint density at radius 1 is 1.02 bits per heavy atom. The first-order valence-electron chi connectivity index (χ1n) is 13.9. The van der Waals surface area contributed by atoms with Gasteiger partial charge in [0.15, 0.2) is 15.5 Å². The second-order valence-corrected chi connectivity index (χ2v) is 14.6. The maximum Gasteiger partial charge on any atom is 0.264 e. The van der Waals surface area contributed by atoms with Crippen LogP contribution in [0, 0.1) is 13.8 Å². The number of aryl methyl sites for hydroxylation is 2. The number of amides is 1.